The summed E-state index contributed by atoms with van der Waals surface area (Å²) in [7, 11) is 0. The fourth-order valence-corrected chi connectivity index (χ4v) is 3.85. The van der Waals surface area contributed by atoms with E-state index >= 15 is 0 Å². The van der Waals surface area contributed by atoms with Crippen LogP contribution in [0, 0.1) is 0 Å². The van der Waals surface area contributed by atoms with Crippen molar-refractivity contribution >= 4 is 29.8 Å². The lowest BCUT2D eigenvalue weighted by Gasteiger charge is -2.33. The third kappa shape index (κ3) is 7.66. The second kappa shape index (κ2) is 12.0. The predicted molar refractivity (Wildman–Crippen MR) is 134 cm³/mol. The van der Waals surface area contributed by atoms with Crippen LogP contribution in [0.3, 0.4) is 0 Å². The van der Waals surface area contributed by atoms with Crippen LogP contribution in [-0.2, 0) is 36.8 Å². The van der Waals surface area contributed by atoms with Gasteiger partial charge in [0.15, 0.2) is 23.0 Å². The first-order valence-corrected chi connectivity index (χ1v) is 11.7. The van der Waals surface area contributed by atoms with E-state index in [4.69, 9.17) is 18.9 Å². The van der Waals surface area contributed by atoms with Crippen molar-refractivity contribution in [1.29, 1.82) is 0 Å². The van der Waals surface area contributed by atoms with Gasteiger partial charge in [-0.25, -0.2) is 0 Å². The number of piperazine rings is 1. The van der Waals surface area contributed by atoms with Crippen LogP contribution in [0.1, 0.15) is 38.8 Å². The van der Waals surface area contributed by atoms with Crippen LogP contribution in [0.15, 0.2) is 48.7 Å². The van der Waals surface area contributed by atoms with Crippen LogP contribution in [-0.4, -0.2) is 41.9 Å². The molecule has 11 heteroatoms. The van der Waals surface area contributed by atoms with Crippen LogP contribution in [0.2, 0.25) is 0 Å². The summed E-state index contributed by atoms with van der Waals surface area (Å²) in [4.78, 5) is 58.6. The molecule has 1 aliphatic heterocycles. The van der Waals surface area contributed by atoms with Crippen molar-refractivity contribution in [2.75, 3.05) is 0 Å². The van der Waals surface area contributed by atoms with E-state index in [0.29, 0.717) is 23.2 Å². The summed E-state index contributed by atoms with van der Waals surface area (Å²) >= 11 is 0. The number of carbonyl (C=O) groups is 5. The molecule has 2 aromatic carbocycles. The Morgan fingerprint density at radius 2 is 1.05 bits per heavy atom. The molecule has 1 saturated heterocycles. The van der Waals surface area contributed by atoms with E-state index in [0.717, 1.165) is 0 Å². The van der Waals surface area contributed by atoms with Gasteiger partial charge in [-0.15, -0.1) is 0 Å². The van der Waals surface area contributed by atoms with Crippen molar-refractivity contribution in [3.63, 3.8) is 0 Å². The summed E-state index contributed by atoms with van der Waals surface area (Å²) in [5, 5.41) is 6.05. The lowest BCUT2D eigenvalue weighted by Crippen LogP contribution is -2.57. The number of nitrogens with one attached hydrogen (secondary N) is 2. The zero-order chi connectivity index (χ0) is 28.0. The first kappa shape index (κ1) is 27.9. The number of benzene rings is 2. The molecule has 0 aromatic heterocycles. The third-order valence-corrected chi connectivity index (χ3v) is 5.32. The van der Waals surface area contributed by atoms with Gasteiger partial charge in [0.25, 0.3) is 0 Å². The maximum atomic E-state index is 12.9. The van der Waals surface area contributed by atoms with Gasteiger partial charge in [-0.1, -0.05) is 18.7 Å². The Kier molecular flexibility index (Phi) is 8.85. The Morgan fingerprint density at radius 1 is 0.658 bits per heavy atom. The number of amides is 1. The normalized spacial score (nSPS) is 16.5. The molecule has 3 rings (SSSR count). The van der Waals surface area contributed by atoms with Gasteiger partial charge >= 0.3 is 23.9 Å². The van der Waals surface area contributed by atoms with E-state index in [1.165, 1.54) is 45.9 Å². The smallest absolute Gasteiger partial charge is 0.308 e. The summed E-state index contributed by atoms with van der Waals surface area (Å²) in [5.74, 6) is -2.21. The summed E-state index contributed by atoms with van der Waals surface area (Å²) < 4.78 is 20.5. The van der Waals surface area contributed by atoms with Gasteiger partial charge < -0.3 is 29.6 Å². The summed E-state index contributed by atoms with van der Waals surface area (Å²) in [6.07, 6.45) is 0.562. The van der Waals surface area contributed by atoms with Crippen LogP contribution in [0.4, 0.5) is 0 Å². The average Bonchev–Trinajstić information content (AvgIpc) is 2.79. The molecule has 2 N–H and O–H groups in total. The Labute approximate surface area is 219 Å². The molecule has 0 aliphatic carbocycles. The Morgan fingerprint density at radius 3 is 1.47 bits per heavy atom. The SMILES string of the molecule is C=C1NC(Cc2ccc(OC(C)=O)c(OC(C)=O)c2)C(=O)NC1Cc1ccc(OC(C)=O)c(OC(C)=O)c1. The molecule has 2 unspecified atom stereocenters. The quantitative estimate of drug-likeness (QED) is 0.389. The number of carbonyl (C=O) groups excluding carboxylic acids is 5. The molecule has 0 bridgehead atoms. The summed E-state index contributed by atoms with van der Waals surface area (Å²) in [6.45, 7) is 8.97. The van der Waals surface area contributed by atoms with Gasteiger partial charge in [-0.2, -0.15) is 0 Å². The highest BCUT2D eigenvalue weighted by atomic mass is 16.6. The van der Waals surface area contributed by atoms with E-state index in [2.05, 4.69) is 17.2 Å². The molecule has 38 heavy (non-hydrogen) atoms. The summed E-state index contributed by atoms with van der Waals surface area (Å²) in [6, 6.07) is 8.33. The van der Waals surface area contributed by atoms with Gasteiger partial charge in [0.2, 0.25) is 5.91 Å². The maximum absolute atomic E-state index is 12.9. The highest BCUT2D eigenvalue weighted by Crippen LogP contribution is 2.31. The molecule has 1 aliphatic rings. The van der Waals surface area contributed by atoms with Crippen LogP contribution < -0.4 is 29.6 Å². The van der Waals surface area contributed by atoms with Crippen molar-refractivity contribution in [2.24, 2.45) is 0 Å². The number of hydrogen-bond acceptors (Lipinski definition) is 10. The largest absolute Gasteiger partial charge is 0.423 e. The molecular weight excluding hydrogens is 496 g/mol. The Balaban J connectivity index is 1.72. The monoisotopic (exact) mass is 524 g/mol. The fraction of sp³-hybridized carbons (Fsp3) is 0.296. The number of hydrogen-bond donors (Lipinski definition) is 2. The zero-order valence-corrected chi connectivity index (χ0v) is 21.4. The minimum absolute atomic E-state index is 0.0684. The van der Waals surface area contributed by atoms with Gasteiger partial charge in [0, 0.05) is 39.8 Å². The lowest BCUT2D eigenvalue weighted by atomic mass is 9.97. The molecular formula is C27H28N2O9. The minimum atomic E-state index is -0.661. The first-order chi connectivity index (χ1) is 17.9. The van der Waals surface area contributed by atoms with E-state index in [-0.39, 0.29) is 35.3 Å². The van der Waals surface area contributed by atoms with Crippen molar-refractivity contribution in [3.8, 4) is 23.0 Å². The van der Waals surface area contributed by atoms with Gasteiger partial charge in [0.1, 0.15) is 6.04 Å². The maximum Gasteiger partial charge on any atom is 0.308 e. The zero-order valence-electron chi connectivity index (χ0n) is 21.4. The van der Waals surface area contributed by atoms with Crippen molar-refractivity contribution < 1.29 is 42.9 Å². The van der Waals surface area contributed by atoms with E-state index in [1.807, 2.05) is 0 Å². The third-order valence-electron chi connectivity index (χ3n) is 5.32. The van der Waals surface area contributed by atoms with Crippen molar-refractivity contribution in [1.82, 2.24) is 10.6 Å². The Hall–Kier alpha value is -4.67. The molecule has 0 saturated carbocycles. The number of rotatable bonds is 8. The van der Waals surface area contributed by atoms with Crippen molar-refractivity contribution in [2.45, 2.75) is 52.6 Å². The highest BCUT2D eigenvalue weighted by Gasteiger charge is 2.30. The molecule has 1 heterocycles. The highest BCUT2D eigenvalue weighted by molar-refractivity contribution is 5.84. The molecule has 2 aromatic rings. The number of esters is 4. The molecule has 1 fully saturated rings. The molecule has 0 radical (unpaired) electrons. The standard InChI is InChI=1S/C27H28N2O9/c1-14-21(10-19-6-8-23(35-15(2)30)25(12-19)37-17(4)32)29-27(34)22(28-14)11-20-7-9-24(36-16(3)31)26(13-20)38-18(5)33/h6-9,12-13,21-22,28H,1,10-11H2,2-5H3,(H,29,34). The van der Waals surface area contributed by atoms with E-state index in [1.54, 1.807) is 18.2 Å². The minimum Gasteiger partial charge on any atom is -0.423 e. The fourth-order valence-electron chi connectivity index (χ4n) is 3.85. The topological polar surface area (TPSA) is 146 Å². The van der Waals surface area contributed by atoms with E-state index < -0.39 is 36.0 Å². The predicted octanol–water partition coefficient (Wildman–Crippen LogP) is 2.14. The Bertz CT molecular complexity index is 1200. The first-order valence-electron chi connectivity index (χ1n) is 11.7. The van der Waals surface area contributed by atoms with Crippen LogP contribution in [0.5, 0.6) is 23.0 Å². The second-order valence-corrected chi connectivity index (χ2v) is 8.63. The lowest BCUT2D eigenvalue weighted by molar-refractivity contribution is -0.134. The molecule has 11 nitrogen and oxygen atoms in total. The van der Waals surface area contributed by atoms with Gasteiger partial charge in [-0.3, -0.25) is 24.0 Å². The van der Waals surface area contributed by atoms with Crippen LogP contribution >= 0.6 is 0 Å². The molecule has 1 amide bonds. The van der Waals surface area contributed by atoms with Crippen molar-refractivity contribution in [3.05, 3.63) is 59.8 Å². The molecule has 2 atom stereocenters. The van der Waals surface area contributed by atoms with Crippen LogP contribution in [0.25, 0.3) is 0 Å². The van der Waals surface area contributed by atoms with Gasteiger partial charge in [0.05, 0.1) is 6.04 Å². The van der Waals surface area contributed by atoms with Gasteiger partial charge in [-0.05, 0) is 41.8 Å². The average molecular weight is 525 g/mol. The molecule has 0 spiro atoms. The number of ether oxygens (including phenoxy) is 4. The summed E-state index contributed by atoms with van der Waals surface area (Å²) in [5.41, 5.74) is 1.92. The second-order valence-electron chi connectivity index (χ2n) is 8.63. The molecule has 200 valence electrons. The van der Waals surface area contributed by atoms with E-state index in [9.17, 15) is 24.0 Å².